The Hall–Kier alpha value is -1.91. The van der Waals surface area contributed by atoms with Gasteiger partial charge in [0, 0.05) is 42.6 Å². The summed E-state index contributed by atoms with van der Waals surface area (Å²) in [4.78, 5) is 9.19. The van der Waals surface area contributed by atoms with Crippen molar-refractivity contribution >= 4 is 17.1 Å². The third-order valence-corrected chi connectivity index (χ3v) is 4.70. The topological polar surface area (TPSA) is 39.4 Å². The van der Waals surface area contributed by atoms with E-state index in [1.54, 1.807) is 0 Å². The second kappa shape index (κ2) is 6.30. The highest BCUT2D eigenvalue weighted by Crippen LogP contribution is 2.28. The second-order valence-electron chi connectivity index (χ2n) is 5.97. The number of hydrogen-bond acceptors (Lipinski definition) is 3. The van der Waals surface area contributed by atoms with Gasteiger partial charge < -0.3 is 9.14 Å². The van der Waals surface area contributed by atoms with Gasteiger partial charge in [0.1, 0.15) is 5.82 Å². The van der Waals surface area contributed by atoms with Crippen LogP contribution in [0.1, 0.15) is 18.7 Å². The lowest BCUT2D eigenvalue weighted by Gasteiger charge is -2.21. The Labute approximate surface area is 140 Å². The van der Waals surface area contributed by atoms with Crippen molar-refractivity contribution in [3.05, 3.63) is 53.7 Å². The number of hydrogen-bond donors (Lipinski definition) is 0. The van der Waals surface area contributed by atoms with Crippen LogP contribution in [0, 0.1) is 5.92 Å². The number of aromatic nitrogens is 3. The predicted molar refractivity (Wildman–Crippen MR) is 90.7 cm³/mol. The first-order valence-electron chi connectivity index (χ1n) is 7.96. The second-order valence-corrected chi connectivity index (χ2v) is 6.41. The van der Waals surface area contributed by atoms with E-state index in [1.807, 2.05) is 42.9 Å². The van der Waals surface area contributed by atoms with E-state index >= 15 is 0 Å². The molecule has 0 spiro atoms. The Morgan fingerprint density at radius 3 is 2.74 bits per heavy atom. The third-order valence-electron chi connectivity index (χ3n) is 4.45. The summed E-state index contributed by atoms with van der Waals surface area (Å²) in [7, 11) is 0. The van der Waals surface area contributed by atoms with Crippen molar-refractivity contribution in [3.8, 4) is 11.3 Å². The number of imidazole rings is 1. The highest BCUT2D eigenvalue weighted by Gasteiger charge is 2.19. The van der Waals surface area contributed by atoms with E-state index < -0.39 is 0 Å². The summed E-state index contributed by atoms with van der Waals surface area (Å²) < 4.78 is 7.62. The average molecular weight is 328 g/mol. The van der Waals surface area contributed by atoms with Crippen LogP contribution in [0.25, 0.3) is 16.8 Å². The molecule has 1 saturated heterocycles. The lowest BCUT2D eigenvalue weighted by atomic mass is 9.96. The van der Waals surface area contributed by atoms with Gasteiger partial charge in [0.05, 0.1) is 17.4 Å². The fourth-order valence-corrected chi connectivity index (χ4v) is 3.30. The summed E-state index contributed by atoms with van der Waals surface area (Å²) in [5.41, 5.74) is 3.08. The first-order valence-corrected chi connectivity index (χ1v) is 8.33. The molecule has 23 heavy (non-hydrogen) atoms. The van der Waals surface area contributed by atoms with Gasteiger partial charge in [-0.3, -0.25) is 4.98 Å². The van der Waals surface area contributed by atoms with E-state index in [2.05, 4.69) is 9.38 Å². The average Bonchev–Trinajstić information content (AvgIpc) is 2.95. The van der Waals surface area contributed by atoms with E-state index in [0.717, 1.165) is 60.1 Å². The maximum absolute atomic E-state index is 6.00. The number of nitrogens with zero attached hydrogens (tertiary/aromatic N) is 3. The molecule has 3 heterocycles. The molecule has 1 aliphatic heterocycles. The fraction of sp³-hybridized carbons (Fsp3) is 0.333. The van der Waals surface area contributed by atoms with Gasteiger partial charge in [-0.15, -0.1) is 0 Å². The van der Waals surface area contributed by atoms with Crippen LogP contribution in [0.3, 0.4) is 0 Å². The zero-order valence-corrected chi connectivity index (χ0v) is 13.5. The van der Waals surface area contributed by atoms with Crippen molar-refractivity contribution in [2.45, 2.75) is 19.3 Å². The van der Waals surface area contributed by atoms with Gasteiger partial charge in [-0.1, -0.05) is 23.7 Å². The Morgan fingerprint density at radius 2 is 1.96 bits per heavy atom. The molecule has 4 rings (SSSR count). The first kappa shape index (κ1) is 14.7. The minimum Gasteiger partial charge on any atom is -0.381 e. The quantitative estimate of drug-likeness (QED) is 0.729. The summed E-state index contributed by atoms with van der Waals surface area (Å²) in [5, 5.41) is 0.734. The summed E-state index contributed by atoms with van der Waals surface area (Å²) in [6.07, 6.45) is 8.88. The molecule has 1 aliphatic rings. The molecule has 118 valence electrons. The monoisotopic (exact) mass is 327 g/mol. The normalized spacial score (nSPS) is 16.0. The van der Waals surface area contributed by atoms with Gasteiger partial charge >= 0.3 is 0 Å². The molecular formula is C18H18ClN3O. The molecule has 2 aromatic heterocycles. The Morgan fingerprint density at radius 1 is 1.17 bits per heavy atom. The van der Waals surface area contributed by atoms with Crippen LogP contribution in [0.4, 0.5) is 0 Å². The summed E-state index contributed by atoms with van der Waals surface area (Å²) >= 11 is 6.00. The maximum atomic E-state index is 6.00. The minimum absolute atomic E-state index is 0.639. The first-order chi connectivity index (χ1) is 11.3. The van der Waals surface area contributed by atoms with Crippen molar-refractivity contribution in [1.29, 1.82) is 0 Å². The van der Waals surface area contributed by atoms with Crippen LogP contribution < -0.4 is 0 Å². The smallest absolute Gasteiger partial charge is 0.114 e. The van der Waals surface area contributed by atoms with Crippen molar-refractivity contribution in [2.75, 3.05) is 13.2 Å². The van der Waals surface area contributed by atoms with Gasteiger partial charge in [-0.25, -0.2) is 4.98 Å². The molecule has 0 aliphatic carbocycles. The van der Waals surface area contributed by atoms with Crippen LogP contribution in [0.2, 0.25) is 5.02 Å². The molecule has 0 radical (unpaired) electrons. The van der Waals surface area contributed by atoms with E-state index in [1.165, 1.54) is 0 Å². The Balaban J connectivity index is 1.75. The molecule has 5 heteroatoms. The van der Waals surface area contributed by atoms with Gasteiger partial charge in [-0.2, -0.15) is 0 Å². The SMILES string of the molecule is Clc1ccc(-c2nc(CC3CCOCC3)n3ccncc23)cc1. The van der Waals surface area contributed by atoms with Crippen LogP contribution in [-0.4, -0.2) is 27.6 Å². The highest BCUT2D eigenvalue weighted by atomic mass is 35.5. The van der Waals surface area contributed by atoms with Gasteiger partial charge in [-0.05, 0) is 30.9 Å². The van der Waals surface area contributed by atoms with Crippen molar-refractivity contribution in [2.24, 2.45) is 5.92 Å². The number of fused-ring (bicyclic) bond motifs is 1. The van der Waals surface area contributed by atoms with Gasteiger partial charge in [0.15, 0.2) is 0 Å². The molecule has 0 unspecified atom stereocenters. The van der Waals surface area contributed by atoms with E-state index in [9.17, 15) is 0 Å². The van der Waals surface area contributed by atoms with E-state index in [4.69, 9.17) is 21.3 Å². The molecule has 3 aromatic rings. The van der Waals surface area contributed by atoms with Crippen LogP contribution in [-0.2, 0) is 11.2 Å². The van der Waals surface area contributed by atoms with Crippen LogP contribution >= 0.6 is 11.6 Å². The van der Waals surface area contributed by atoms with Gasteiger partial charge in [0.25, 0.3) is 0 Å². The molecule has 0 N–H and O–H groups in total. The molecule has 0 amide bonds. The molecule has 0 saturated carbocycles. The highest BCUT2D eigenvalue weighted by molar-refractivity contribution is 6.30. The molecular weight excluding hydrogens is 310 g/mol. The lowest BCUT2D eigenvalue weighted by molar-refractivity contribution is 0.0659. The molecule has 1 aromatic carbocycles. The molecule has 0 bridgehead atoms. The summed E-state index contributed by atoms with van der Waals surface area (Å²) in [6, 6.07) is 7.82. The molecule has 0 atom stereocenters. The van der Waals surface area contributed by atoms with Crippen molar-refractivity contribution in [3.63, 3.8) is 0 Å². The number of benzene rings is 1. The summed E-state index contributed by atoms with van der Waals surface area (Å²) in [5.74, 6) is 1.74. The van der Waals surface area contributed by atoms with Gasteiger partial charge in [0.2, 0.25) is 0 Å². The van der Waals surface area contributed by atoms with Crippen molar-refractivity contribution in [1.82, 2.24) is 14.4 Å². The molecule has 1 fully saturated rings. The fourth-order valence-electron chi connectivity index (χ4n) is 3.17. The zero-order valence-electron chi connectivity index (χ0n) is 12.8. The minimum atomic E-state index is 0.639. The lowest BCUT2D eigenvalue weighted by Crippen LogP contribution is -2.18. The largest absolute Gasteiger partial charge is 0.381 e. The standard InChI is InChI=1S/C18H18ClN3O/c19-15-3-1-14(2-4-15)18-16-12-20-7-8-22(16)17(21-18)11-13-5-9-23-10-6-13/h1-4,7-8,12-13H,5-6,9-11H2. The zero-order chi connectivity index (χ0) is 15.6. The Bertz CT molecular complexity index is 807. The van der Waals surface area contributed by atoms with Crippen molar-refractivity contribution < 1.29 is 4.74 Å². The van der Waals surface area contributed by atoms with Crippen LogP contribution in [0.5, 0.6) is 0 Å². The molecule has 4 nitrogen and oxygen atoms in total. The van der Waals surface area contributed by atoms with E-state index in [0.29, 0.717) is 5.92 Å². The number of rotatable bonds is 3. The summed E-state index contributed by atoms with van der Waals surface area (Å²) in [6.45, 7) is 1.72. The van der Waals surface area contributed by atoms with Crippen LogP contribution in [0.15, 0.2) is 42.9 Å². The maximum Gasteiger partial charge on any atom is 0.114 e. The number of ether oxygens (including phenoxy) is 1. The van der Waals surface area contributed by atoms with E-state index in [-0.39, 0.29) is 0 Å². The Kier molecular flexibility index (Phi) is 4.02. The third kappa shape index (κ3) is 2.96. The number of halogens is 1. The predicted octanol–water partition coefficient (Wildman–Crippen LogP) is 4.02.